The molecule has 0 bridgehead atoms. The zero-order valence-corrected chi connectivity index (χ0v) is 31.9. The molecule has 2 aromatic carbocycles. The second-order valence-electron chi connectivity index (χ2n) is 14.0. The number of nitrogens with zero attached hydrogens (tertiary/aromatic N) is 4. The van der Waals surface area contributed by atoms with Crippen LogP contribution >= 0.6 is 11.6 Å². The first-order valence-electron chi connectivity index (χ1n) is 17.8. The molecule has 10 nitrogen and oxygen atoms in total. The fourth-order valence-electron chi connectivity index (χ4n) is 6.19. The van der Waals surface area contributed by atoms with Crippen LogP contribution < -0.4 is 10.2 Å². The average molecular weight is 726 g/mol. The highest BCUT2D eigenvalue weighted by atomic mass is 35.5. The summed E-state index contributed by atoms with van der Waals surface area (Å²) in [5, 5.41) is 10.8. The molecular formula is C38H52ClN5O5S. The summed E-state index contributed by atoms with van der Waals surface area (Å²) >= 11 is 6.55. The molecule has 4 rings (SSSR count). The van der Waals surface area contributed by atoms with Gasteiger partial charge < -0.3 is 14.7 Å². The summed E-state index contributed by atoms with van der Waals surface area (Å²) in [6.45, 7) is 12.9. The summed E-state index contributed by atoms with van der Waals surface area (Å²) in [7, 11) is -3.57. The minimum Gasteiger partial charge on any atom is -0.373 e. The molecule has 0 fully saturated rings. The average Bonchev–Trinajstić information content (AvgIpc) is 3.65. The van der Waals surface area contributed by atoms with Crippen molar-refractivity contribution in [1.82, 2.24) is 19.7 Å². The number of ketones is 1. The zero-order chi connectivity index (χ0) is 36.5. The van der Waals surface area contributed by atoms with Gasteiger partial charge in [-0.15, -0.1) is 5.10 Å². The van der Waals surface area contributed by atoms with E-state index in [1.165, 1.54) is 56.7 Å². The minimum atomic E-state index is -3.57. The van der Waals surface area contributed by atoms with E-state index in [1.807, 2.05) is 19.9 Å². The van der Waals surface area contributed by atoms with E-state index in [9.17, 15) is 18.0 Å². The summed E-state index contributed by atoms with van der Waals surface area (Å²) in [6, 6.07) is 13.0. The van der Waals surface area contributed by atoms with Crippen LogP contribution in [0.15, 0.2) is 53.4 Å². The number of hydrogen-bond donors (Lipinski definition) is 1. The van der Waals surface area contributed by atoms with Crippen molar-refractivity contribution in [2.24, 2.45) is 0 Å². The fourth-order valence-corrected chi connectivity index (χ4v) is 7.88. The molecule has 0 aliphatic carbocycles. The number of para-hydroxylation sites is 1. The van der Waals surface area contributed by atoms with Gasteiger partial charge in [0.1, 0.15) is 11.0 Å². The predicted octanol–water partition coefficient (Wildman–Crippen LogP) is 8.53. The van der Waals surface area contributed by atoms with Gasteiger partial charge in [-0.2, -0.15) is 0 Å². The van der Waals surface area contributed by atoms with E-state index in [4.69, 9.17) is 16.4 Å². The first-order valence-corrected chi connectivity index (χ1v) is 19.9. The monoisotopic (exact) mass is 725 g/mol. The van der Waals surface area contributed by atoms with E-state index < -0.39 is 27.6 Å². The Morgan fingerprint density at radius 3 is 2.16 bits per heavy atom. The topological polar surface area (TPSA) is 125 Å². The quantitative estimate of drug-likeness (QED) is 0.0584. The lowest BCUT2D eigenvalue weighted by molar-refractivity contribution is -0.125. The third-order valence-corrected chi connectivity index (χ3v) is 11.2. The minimum absolute atomic E-state index is 0.0229. The molecule has 50 heavy (non-hydrogen) atoms. The highest BCUT2D eigenvalue weighted by Gasteiger charge is 2.35. The molecule has 2 aromatic heterocycles. The van der Waals surface area contributed by atoms with Crippen LogP contribution in [-0.4, -0.2) is 51.7 Å². The van der Waals surface area contributed by atoms with Crippen molar-refractivity contribution < 1.29 is 22.8 Å². The number of sulfone groups is 1. The number of rotatable bonds is 19. The van der Waals surface area contributed by atoms with Gasteiger partial charge >= 0.3 is 0 Å². The predicted molar refractivity (Wildman–Crippen MR) is 200 cm³/mol. The Kier molecular flexibility index (Phi) is 13.7. The van der Waals surface area contributed by atoms with Crippen LogP contribution in [0.3, 0.4) is 0 Å². The number of benzene rings is 2. The van der Waals surface area contributed by atoms with Crippen molar-refractivity contribution in [3.05, 3.63) is 70.5 Å². The van der Waals surface area contributed by atoms with Crippen LogP contribution in [0.2, 0.25) is 5.02 Å². The van der Waals surface area contributed by atoms with Crippen molar-refractivity contribution in [2.45, 2.75) is 129 Å². The number of carbonyl (C=O) groups excluding carboxylic acids is 2. The van der Waals surface area contributed by atoms with Gasteiger partial charge in [-0.1, -0.05) is 114 Å². The van der Waals surface area contributed by atoms with E-state index in [1.54, 1.807) is 24.3 Å². The second kappa shape index (κ2) is 17.5. The molecule has 1 N–H and O–H groups in total. The van der Waals surface area contributed by atoms with Crippen molar-refractivity contribution in [1.29, 1.82) is 0 Å². The van der Waals surface area contributed by atoms with Crippen molar-refractivity contribution >= 4 is 49.8 Å². The number of Topliss-reactive ketones (excluding diaryl/α,β-unsaturated/α-hetero) is 1. The summed E-state index contributed by atoms with van der Waals surface area (Å²) in [5.41, 5.74) is 2.90. The smallest absolute Gasteiger partial charge is 0.276 e. The summed E-state index contributed by atoms with van der Waals surface area (Å²) in [4.78, 5) is 35.3. The lowest BCUT2D eigenvalue weighted by Crippen LogP contribution is -2.44. The van der Waals surface area contributed by atoms with Gasteiger partial charge in [0, 0.05) is 28.9 Å². The number of fused-ring (bicyclic) bond motifs is 1. The zero-order valence-electron chi connectivity index (χ0n) is 30.3. The van der Waals surface area contributed by atoms with Gasteiger partial charge in [0.15, 0.2) is 9.84 Å². The first kappa shape index (κ1) is 39.1. The number of halogens is 1. The summed E-state index contributed by atoms with van der Waals surface area (Å²) < 4.78 is 28.3. The largest absolute Gasteiger partial charge is 0.373 e. The first-order chi connectivity index (χ1) is 23.8. The molecule has 0 aliphatic heterocycles. The normalized spacial score (nSPS) is 12.7. The van der Waals surface area contributed by atoms with E-state index in [-0.39, 0.29) is 26.8 Å². The third-order valence-electron chi connectivity index (χ3n) is 9.04. The Morgan fingerprint density at radius 2 is 1.56 bits per heavy atom. The number of hydrogen-bond acceptors (Lipinski definition) is 7. The van der Waals surface area contributed by atoms with Gasteiger partial charge in [0.2, 0.25) is 5.78 Å². The van der Waals surface area contributed by atoms with E-state index in [0.29, 0.717) is 35.3 Å². The van der Waals surface area contributed by atoms with E-state index in [0.717, 1.165) is 29.8 Å². The number of carbonyl (C=O) groups is 2. The molecule has 1 atom stereocenters. The summed E-state index contributed by atoms with van der Waals surface area (Å²) in [5.74, 6) is -1.34. The second-order valence-corrected chi connectivity index (χ2v) is 16.5. The Balaban J connectivity index is 1.49. The molecule has 0 saturated heterocycles. The lowest BCUT2D eigenvalue weighted by Gasteiger charge is -2.21. The van der Waals surface area contributed by atoms with Gasteiger partial charge in [0.05, 0.1) is 21.4 Å². The van der Waals surface area contributed by atoms with Crippen molar-refractivity contribution in [3.8, 4) is 0 Å². The molecule has 2 heterocycles. The van der Waals surface area contributed by atoms with Crippen LogP contribution in [0, 0.1) is 6.92 Å². The lowest BCUT2D eigenvalue weighted by atomic mass is 9.91. The highest BCUT2D eigenvalue weighted by molar-refractivity contribution is 7.91. The van der Waals surface area contributed by atoms with Crippen LogP contribution in [0.25, 0.3) is 11.0 Å². The van der Waals surface area contributed by atoms with E-state index in [2.05, 4.69) is 47.9 Å². The maximum absolute atomic E-state index is 14.2. The van der Waals surface area contributed by atoms with Crippen molar-refractivity contribution in [3.63, 3.8) is 0 Å². The molecule has 4 aromatic rings. The Hall–Kier alpha value is -3.70. The molecule has 0 saturated carbocycles. The maximum Gasteiger partial charge on any atom is 0.276 e. The van der Waals surface area contributed by atoms with Gasteiger partial charge in [-0.3, -0.25) is 9.59 Å². The molecule has 0 spiro atoms. The standard InChI is InChI=1S/C38H52ClN5O5S/c1-7-9-10-11-12-13-14-15-16-19-24-50(47,48)28-22-23-31(30(39)25-28)40-37(46)36(49-44-33-21-18-17-20-32(33)41-42-44)35(45)29-26-34(38(4,5)6)43(8-2)27(29)3/h17-18,20-23,25-26,36H,7-16,19,24H2,1-6H3,(H,40,46). The van der Waals surface area contributed by atoms with Gasteiger partial charge in [0.25, 0.3) is 12.0 Å². The number of aromatic nitrogens is 4. The SMILES string of the molecule is CCCCCCCCCCCCS(=O)(=O)c1ccc(NC(=O)C(On2nnc3ccccc32)C(=O)c2cc(C(C)(C)C)n(CC)c2C)c(Cl)c1. The number of unbranched alkanes of at least 4 members (excludes halogenated alkanes) is 9. The molecule has 12 heteroatoms. The Morgan fingerprint density at radius 1 is 0.920 bits per heavy atom. The fraction of sp³-hybridized carbons (Fsp3) is 0.526. The molecule has 1 unspecified atom stereocenters. The summed E-state index contributed by atoms with van der Waals surface area (Å²) in [6.07, 6.45) is 9.41. The van der Waals surface area contributed by atoms with Crippen LogP contribution in [0.5, 0.6) is 0 Å². The maximum atomic E-state index is 14.2. The van der Waals surface area contributed by atoms with Gasteiger partial charge in [-0.25, -0.2) is 8.42 Å². The van der Waals surface area contributed by atoms with E-state index >= 15 is 0 Å². The number of amides is 1. The Labute approximate surface area is 301 Å². The molecular weight excluding hydrogens is 674 g/mol. The van der Waals surface area contributed by atoms with Gasteiger partial charge in [-0.05, 0) is 61.9 Å². The highest BCUT2D eigenvalue weighted by Crippen LogP contribution is 2.30. The molecule has 0 radical (unpaired) electrons. The number of anilines is 1. The Bertz CT molecular complexity index is 1880. The number of nitrogens with one attached hydrogen (secondary N) is 1. The van der Waals surface area contributed by atoms with Crippen LogP contribution in [0.4, 0.5) is 5.69 Å². The van der Waals surface area contributed by atoms with Crippen LogP contribution in [0.1, 0.15) is 121 Å². The molecule has 1 amide bonds. The molecule has 272 valence electrons. The molecule has 0 aliphatic rings. The van der Waals surface area contributed by atoms with Crippen LogP contribution in [-0.2, 0) is 26.6 Å². The van der Waals surface area contributed by atoms with Crippen molar-refractivity contribution in [2.75, 3.05) is 11.1 Å². The third kappa shape index (κ3) is 9.75.